The van der Waals surface area contributed by atoms with Gasteiger partial charge >= 0.3 is 0 Å². The second-order valence-electron chi connectivity index (χ2n) is 7.32. The van der Waals surface area contributed by atoms with Crippen LogP contribution in [0.3, 0.4) is 0 Å². The van der Waals surface area contributed by atoms with E-state index >= 15 is 0 Å². The van der Waals surface area contributed by atoms with Crippen LogP contribution in [-0.4, -0.2) is 24.5 Å². The maximum atomic E-state index is 3.72. The van der Waals surface area contributed by atoms with E-state index in [1.807, 2.05) is 0 Å². The van der Waals surface area contributed by atoms with E-state index in [9.17, 15) is 0 Å². The number of hydrogen-bond acceptors (Lipinski definition) is 1. The monoisotopic (exact) mass is 385 g/mol. The number of likely N-dealkylation sites (tertiary alicyclic amines) is 1. The predicted molar refractivity (Wildman–Crippen MR) is 107 cm³/mol. The zero-order valence-electron chi connectivity index (χ0n) is 14.9. The van der Waals surface area contributed by atoms with Crippen molar-refractivity contribution in [2.75, 3.05) is 19.6 Å². The zero-order chi connectivity index (χ0) is 16.9. The molecule has 0 saturated carbocycles. The van der Waals surface area contributed by atoms with E-state index < -0.39 is 0 Å². The number of nitrogens with zero attached hydrogens (tertiary/aromatic N) is 1. The standard InChI is InChI=1S/C22H28BrN/c1-17-4-3-5-19(14-17)8-11-24-12-9-20(10-13-24)16-21-15-18(2)6-7-22(21)23/h3-7,14-15,20H,8-13,16H2,1-2H3. The molecular weight excluding hydrogens is 358 g/mol. The molecule has 1 aliphatic rings. The maximum absolute atomic E-state index is 3.72. The molecule has 0 spiro atoms. The van der Waals surface area contributed by atoms with Crippen molar-refractivity contribution in [3.63, 3.8) is 0 Å². The molecule has 0 amide bonds. The number of hydrogen-bond donors (Lipinski definition) is 0. The third-order valence-electron chi connectivity index (χ3n) is 5.22. The summed E-state index contributed by atoms with van der Waals surface area (Å²) in [5.74, 6) is 0.832. The summed E-state index contributed by atoms with van der Waals surface area (Å²) in [6, 6.07) is 15.7. The number of rotatable bonds is 5. The van der Waals surface area contributed by atoms with Crippen LogP contribution in [-0.2, 0) is 12.8 Å². The molecule has 2 aromatic rings. The minimum atomic E-state index is 0.832. The lowest BCUT2D eigenvalue weighted by Gasteiger charge is -2.32. The first-order chi connectivity index (χ1) is 11.6. The van der Waals surface area contributed by atoms with E-state index in [2.05, 4.69) is 77.1 Å². The van der Waals surface area contributed by atoms with Crippen LogP contribution < -0.4 is 0 Å². The fourth-order valence-corrected chi connectivity index (χ4v) is 4.15. The summed E-state index contributed by atoms with van der Waals surface area (Å²) >= 11 is 3.72. The third kappa shape index (κ3) is 4.94. The van der Waals surface area contributed by atoms with Crippen molar-refractivity contribution >= 4 is 15.9 Å². The highest BCUT2D eigenvalue weighted by Gasteiger charge is 2.20. The molecule has 0 N–H and O–H groups in total. The summed E-state index contributed by atoms with van der Waals surface area (Å²) in [5, 5.41) is 0. The van der Waals surface area contributed by atoms with Crippen LogP contribution in [0.4, 0.5) is 0 Å². The van der Waals surface area contributed by atoms with Gasteiger partial charge in [-0.3, -0.25) is 0 Å². The lowest BCUT2D eigenvalue weighted by Crippen LogP contribution is -2.35. The van der Waals surface area contributed by atoms with Gasteiger partial charge in [-0.05, 0) is 75.7 Å². The van der Waals surface area contributed by atoms with Gasteiger partial charge < -0.3 is 4.90 Å². The molecule has 0 aromatic heterocycles. The van der Waals surface area contributed by atoms with E-state index in [-0.39, 0.29) is 0 Å². The van der Waals surface area contributed by atoms with Crippen molar-refractivity contribution in [3.8, 4) is 0 Å². The van der Waals surface area contributed by atoms with Crippen molar-refractivity contribution in [1.29, 1.82) is 0 Å². The minimum absolute atomic E-state index is 0.832. The molecule has 2 heteroatoms. The molecule has 24 heavy (non-hydrogen) atoms. The number of aryl methyl sites for hydroxylation is 2. The molecular formula is C22H28BrN. The molecule has 128 valence electrons. The fraction of sp³-hybridized carbons (Fsp3) is 0.455. The molecule has 0 atom stereocenters. The van der Waals surface area contributed by atoms with Crippen LogP contribution in [0.25, 0.3) is 0 Å². The first kappa shape index (κ1) is 17.7. The Balaban J connectivity index is 1.46. The molecule has 3 rings (SSSR count). The van der Waals surface area contributed by atoms with Crippen LogP contribution in [0.1, 0.15) is 35.1 Å². The fourth-order valence-electron chi connectivity index (χ4n) is 3.74. The Bertz CT molecular complexity index is 671. The van der Waals surface area contributed by atoms with Crippen LogP contribution in [0, 0.1) is 19.8 Å². The lowest BCUT2D eigenvalue weighted by molar-refractivity contribution is 0.186. The quantitative estimate of drug-likeness (QED) is 0.650. The third-order valence-corrected chi connectivity index (χ3v) is 5.99. The summed E-state index contributed by atoms with van der Waals surface area (Å²) < 4.78 is 1.27. The normalized spacial score (nSPS) is 16.5. The average molecular weight is 386 g/mol. The molecule has 1 fully saturated rings. The van der Waals surface area contributed by atoms with Gasteiger partial charge in [-0.25, -0.2) is 0 Å². The zero-order valence-corrected chi connectivity index (χ0v) is 16.5. The smallest absolute Gasteiger partial charge is 0.0207 e. The lowest BCUT2D eigenvalue weighted by atomic mass is 9.89. The molecule has 1 nitrogen and oxygen atoms in total. The number of piperidine rings is 1. The van der Waals surface area contributed by atoms with Gasteiger partial charge in [0.1, 0.15) is 0 Å². The molecule has 1 heterocycles. The largest absolute Gasteiger partial charge is 0.303 e. The maximum Gasteiger partial charge on any atom is 0.0207 e. The highest BCUT2D eigenvalue weighted by molar-refractivity contribution is 9.10. The molecule has 0 radical (unpaired) electrons. The minimum Gasteiger partial charge on any atom is -0.303 e. The Morgan fingerprint density at radius 2 is 1.75 bits per heavy atom. The van der Waals surface area contributed by atoms with Gasteiger partial charge in [0.2, 0.25) is 0 Å². The molecule has 2 aromatic carbocycles. The second-order valence-corrected chi connectivity index (χ2v) is 8.18. The van der Waals surface area contributed by atoms with E-state index in [4.69, 9.17) is 0 Å². The van der Waals surface area contributed by atoms with Crippen LogP contribution >= 0.6 is 15.9 Å². The van der Waals surface area contributed by atoms with E-state index in [0.29, 0.717) is 0 Å². The van der Waals surface area contributed by atoms with E-state index in [1.54, 1.807) is 0 Å². The predicted octanol–water partition coefficient (Wildman–Crippen LogP) is 5.56. The molecule has 1 saturated heterocycles. The Labute approximate surface area is 155 Å². The summed E-state index contributed by atoms with van der Waals surface area (Å²) in [6.45, 7) is 8.06. The van der Waals surface area contributed by atoms with Gasteiger partial charge in [0.15, 0.2) is 0 Å². The average Bonchev–Trinajstić information content (AvgIpc) is 2.58. The van der Waals surface area contributed by atoms with E-state index in [0.717, 1.165) is 5.92 Å². The summed E-state index contributed by atoms with van der Waals surface area (Å²) in [4.78, 5) is 2.64. The summed E-state index contributed by atoms with van der Waals surface area (Å²) in [7, 11) is 0. The first-order valence-electron chi connectivity index (χ1n) is 9.13. The first-order valence-corrected chi connectivity index (χ1v) is 9.92. The number of halogens is 1. The SMILES string of the molecule is Cc1cccc(CCN2CCC(Cc3cc(C)ccc3Br)CC2)c1. The Morgan fingerprint density at radius 3 is 2.50 bits per heavy atom. The Morgan fingerprint density at radius 1 is 1.00 bits per heavy atom. The Kier molecular flexibility index (Phi) is 6.13. The van der Waals surface area contributed by atoms with Gasteiger partial charge in [-0.1, -0.05) is 63.5 Å². The molecule has 0 unspecified atom stereocenters. The van der Waals surface area contributed by atoms with Crippen LogP contribution in [0.15, 0.2) is 46.9 Å². The Hall–Kier alpha value is -1.12. The molecule has 0 bridgehead atoms. The van der Waals surface area contributed by atoms with Gasteiger partial charge in [0.05, 0.1) is 0 Å². The molecule has 0 aliphatic carbocycles. The van der Waals surface area contributed by atoms with Gasteiger partial charge in [-0.2, -0.15) is 0 Å². The van der Waals surface area contributed by atoms with Gasteiger partial charge in [0, 0.05) is 11.0 Å². The highest BCUT2D eigenvalue weighted by atomic mass is 79.9. The number of benzene rings is 2. The van der Waals surface area contributed by atoms with Crippen molar-refractivity contribution in [1.82, 2.24) is 4.90 Å². The van der Waals surface area contributed by atoms with Crippen molar-refractivity contribution < 1.29 is 0 Å². The van der Waals surface area contributed by atoms with Gasteiger partial charge in [0.25, 0.3) is 0 Å². The summed E-state index contributed by atoms with van der Waals surface area (Å²) in [5.41, 5.74) is 5.69. The van der Waals surface area contributed by atoms with Crippen LogP contribution in [0.2, 0.25) is 0 Å². The highest BCUT2D eigenvalue weighted by Crippen LogP contribution is 2.26. The van der Waals surface area contributed by atoms with Crippen molar-refractivity contribution in [2.24, 2.45) is 5.92 Å². The second kappa shape index (κ2) is 8.31. The van der Waals surface area contributed by atoms with Crippen molar-refractivity contribution in [3.05, 3.63) is 69.2 Å². The summed E-state index contributed by atoms with van der Waals surface area (Å²) in [6.07, 6.45) is 5.05. The molecule has 1 aliphatic heterocycles. The van der Waals surface area contributed by atoms with Crippen molar-refractivity contribution in [2.45, 2.75) is 39.5 Å². The van der Waals surface area contributed by atoms with E-state index in [1.165, 1.54) is 72.0 Å². The van der Waals surface area contributed by atoms with Gasteiger partial charge in [-0.15, -0.1) is 0 Å². The van der Waals surface area contributed by atoms with Crippen LogP contribution in [0.5, 0.6) is 0 Å². The topological polar surface area (TPSA) is 3.24 Å².